The third-order valence-electron chi connectivity index (χ3n) is 1.85. The van der Waals surface area contributed by atoms with Crippen LogP contribution in [0.5, 0.6) is 0 Å². The van der Waals surface area contributed by atoms with E-state index in [1.165, 1.54) is 0 Å². The van der Waals surface area contributed by atoms with Gasteiger partial charge in [-0.05, 0) is 18.9 Å². The molecule has 0 aliphatic rings. The zero-order valence-electron chi connectivity index (χ0n) is 6.98. The van der Waals surface area contributed by atoms with Gasteiger partial charge in [0, 0.05) is 17.5 Å². The van der Waals surface area contributed by atoms with Gasteiger partial charge >= 0.3 is 0 Å². The number of aryl methyl sites for hydroxylation is 2. The van der Waals surface area contributed by atoms with Crippen molar-refractivity contribution in [2.45, 2.75) is 26.7 Å². The first-order valence-electron chi connectivity index (χ1n) is 3.91. The summed E-state index contributed by atoms with van der Waals surface area (Å²) >= 11 is 0. The molecule has 1 N–H and O–H groups in total. The average Bonchev–Trinajstić information content (AvgIpc) is 2.33. The second kappa shape index (κ2) is 3.37. The number of hydrogen-bond donors (Lipinski definition) is 1. The number of rotatable bonds is 3. The van der Waals surface area contributed by atoms with E-state index in [-0.39, 0.29) is 0 Å². The largest absolute Gasteiger partial charge is 0.364 e. The fraction of sp³-hybridized carbons (Fsp3) is 0.444. The molecule has 2 nitrogen and oxygen atoms in total. The molecule has 11 heavy (non-hydrogen) atoms. The summed E-state index contributed by atoms with van der Waals surface area (Å²) in [5.74, 6) is 0. The molecule has 0 amide bonds. The van der Waals surface area contributed by atoms with E-state index in [4.69, 9.17) is 0 Å². The summed E-state index contributed by atoms with van der Waals surface area (Å²) in [6.07, 6.45) is 4.91. The number of carbonyl (C=O) groups is 1. The van der Waals surface area contributed by atoms with Gasteiger partial charge in [0.25, 0.3) is 0 Å². The number of hydrogen-bond acceptors (Lipinski definition) is 1. The number of nitrogens with one attached hydrogen (secondary N) is 1. The van der Waals surface area contributed by atoms with Crippen LogP contribution in [0, 0.1) is 6.92 Å². The van der Waals surface area contributed by atoms with E-state index in [9.17, 15) is 4.79 Å². The van der Waals surface area contributed by atoms with E-state index in [1.54, 1.807) is 0 Å². The Balaban J connectivity index is 2.95. The van der Waals surface area contributed by atoms with Crippen LogP contribution in [0.15, 0.2) is 6.20 Å². The number of carbonyl (C=O) groups excluding carboxylic acids is 1. The molecule has 0 bridgehead atoms. The monoisotopic (exact) mass is 151 g/mol. The van der Waals surface area contributed by atoms with Crippen LogP contribution in [0.2, 0.25) is 0 Å². The molecule has 0 aliphatic carbocycles. The highest BCUT2D eigenvalue weighted by Gasteiger charge is 2.04. The van der Waals surface area contributed by atoms with E-state index in [1.807, 2.05) is 13.1 Å². The first-order valence-corrected chi connectivity index (χ1v) is 3.91. The van der Waals surface area contributed by atoms with Crippen LogP contribution >= 0.6 is 0 Å². The van der Waals surface area contributed by atoms with Crippen LogP contribution in [-0.4, -0.2) is 11.3 Å². The van der Waals surface area contributed by atoms with Crippen LogP contribution in [0.4, 0.5) is 0 Å². The predicted molar refractivity (Wildman–Crippen MR) is 44.9 cm³/mol. The Morgan fingerprint density at radius 1 is 1.64 bits per heavy atom. The summed E-state index contributed by atoms with van der Waals surface area (Å²) in [5, 5.41) is 0. The van der Waals surface area contributed by atoms with Gasteiger partial charge in [-0.2, -0.15) is 0 Å². The predicted octanol–water partition coefficient (Wildman–Crippen LogP) is 2.09. The summed E-state index contributed by atoms with van der Waals surface area (Å²) in [6.45, 7) is 4.03. The lowest BCUT2D eigenvalue weighted by Crippen LogP contribution is -1.88. The molecule has 0 radical (unpaired) electrons. The maximum atomic E-state index is 10.6. The van der Waals surface area contributed by atoms with Gasteiger partial charge in [-0.3, -0.25) is 4.79 Å². The average molecular weight is 151 g/mol. The number of aldehydes is 1. The second-order valence-electron chi connectivity index (χ2n) is 2.72. The van der Waals surface area contributed by atoms with Crippen LogP contribution in [0.3, 0.4) is 0 Å². The standard InChI is InChI=1S/C9H13NO/c1-3-4-8-5-10-7(2)9(8)6-11/h5-6,10H,3-4H2,1-2H3. The Hall–Kier alpha value is -1.05. The van der Waals surface area contributed by atoms with Crippen LogP contribution in [0.25, 0.3) is 0 Å². The summed E-state index contributed by atoms with van der Waals surface area (Å²) in [5.41, 5.74) is 2.95. The van der Waals surface area contributed by atoms with Crippen molar-refractivity contribution in [3.05, 3.63) is 23.0 Å². The lowest BCUT2D eigenvalue weighted by atomic mass is 10.1. The molecule has 1 heterocycles. The molecule has 0 unspecified atom stereocenters. The molecule has 0 saturated heterocycles. The first-order chi connectivity index (χ1) is 5.29. The van der Waals surface area contributed by atoms with Crippen LogP contribution < -0.4 is 0 Å². The van der Waals surface area contributed by atoms with E-state index in [2.05, 4.69) is 11.9 Å². The van der Waals surface area contributed by atoms with Gasteiger partial charge < -0.3 is 4.98 Å². The minimum atomic E-state index is 0.840. The van der Waals surface area contributed by atoms with Crippen molar-refractivity contribution in [1.82, 2.24) is 4.98 Å². The Bertz CT molecular complexity index is 250. The normalized spacial score (nSPS) is 10.0. The molecule has 1 rings (SSSR count). The fourth-order valence-electron chi connectivity index (χ4n) is 1.23. The highest BCUT2D eigenvalue weighted by atomic mass is 16.1. The van der Waals surface area contributed by atoms with Crippen molar-refractivity contribution >= 4 is 6.29 Å². The third kappa shape index (κ3) is 1.50. The molecule has 1 aromatic heterocycles. The zero-order valence-corrected chi connectivity index (χ0v) is 6.98. The van der Waals surface area contributed by atoms with Crippen LogP contribution in [-0.2, 0) is 6.42 Å². The van der Waals surface area contributed by atoms with Gasteiger partial charge in [-0.15, -0.1) is 0 Å². The summed E-state index contributed by atoms with van der Waals surface area (Å²) in [4.78, 5) is 13.6. The van der Waals surface area contributed by atoms with Gasteiger partial charge in [0.05, 0.1) is 0 Å². The van der Waals surface area contributed by atoms with Crippen molar-refractivity contribution in [2.24, 2.45) is 0 Å². The molecule has 0 saturated carbocycles. The smallest absolute Gasteiger partial charge is 0.152 e. The topological polar surface area (TPSA) is 32.9 Å². The van der Waals surface area contributed by atoms with Crippen molar-refractivity contribution in [2.75, 3.05) is 0 Å². The lowest BCUT2D eigenvalue weighted by Gasteiger charge is -1.93. The molecule has 1 aromatic rings. The van der Waals surface area contributed by atoms with Crippen molar-refractivity contribution < 1.29 is 4.79 Å². The molecule has 0 fully saturated rings. The van der Waals surface area contributed by atoms with Crippen molar-refractivity contribution in [1.29, 1.82) is 0 Å². The zero-order chi connectivity index (χ0) is 8.27. The number of aromatic nitrogens is 1. The molecule has 60 valence electrons. The SMILES string of the molecule is CCCc1c[nH]c(C)c1C=O. The minimum Gasteiger partial charge on any atom is -0.364 e. The van der Waals surface area contributed by atoms with E-state index in [0.717, 1.165) is 35.9 Å². The molecule has 0 spiro atoms. The van der Waals surface area contributed by atoms with Gasteiger partial charge in [0.15, 0.2) is 6.29 Å². The van der Waals surface area contributed by atoms with E-state index in [0.29, 0.717) is 0 Å². The highest BCUT2D eigenvalue weighted by molar-refractivity contribution is 5.79. The summed E-state index contributed by atoms with van der Waals surface area (Å²) < 4.78 is 0. The van der Waals surface area contributed by atoms with Gasteiger partial charge in [-0.25, -0.2) is 0 Å². The second-order valence-corrected chi connectivity index (χ2v) is 2.72. The van der Waals surface area contributed by atoms with Crippen molar-refractivity contribution in [3.63, 3.8) is 0 Å². The Morgan fingerprint density at radius 3 is 2.91 bits per heavy atom. The maximum Gasteiger partial charge on any atom is 0.152 e. The molecular weight excluding hydrogens is 138 g/mol. The molecular formula is C9H13NO. The molecule has 0 atom stereocenters. The Labute approximate surface area is 66.6 Å². The summed E-state index contributed by atoms with van der Waals surface area (Å²) in [6, 6.07) is 0. The van der Waals surface area contributed by atoms with Crippen molar-refractivity contribution in [3.8, 4) is 0 Å². The third-order valence-corrected chi connectivity index (χ3v) is 1.85. The van der Waals surface area contributed by atoms with E-state index < -0.39 is 0 Å². The van der Waals surface area contributed by atoms with E-state index >= 15 is 0 Å². The number of H-pyrrole nitrogens is 1. The summed E-state index contributed by atoms with van der Waals surface area (Å²) in [7, 11) is 0. The maximum absolute atomic E-state index is 10.6. The Morgan fingerprint density at radius 2 is 2.36 bits per heavy atom. The number of aromatic amines is 1. The quantitative estimate of drug-likeness (QED) is 0.659. The minimum absolute atomic E-state index is 0.840. The highest BCUT2D eigenvalue weighted by Crippen LogP contribution is 2.12. The van der Waals surface area contributed by atoms with Crippen LogP contribution in [0.1, 0.15) is 35.0 Å². The molecule has 0 aliphatic heterocycles. The molecule has 0 aromatic carbocycles. The fourth-order valence-corrected chi connectivity index (χ4v) is 1.23. The molecule has 2 heteroatoms. The Kier molecular flexibility index (Phi) is 2.47. The first kappa shape index (κ1) is 8.05. The van der Waals surface area contributed by atoms with Gasteiger partial charge in [-0.1, -0.05) is 13.3 Å². The lowest BCUT2D eigenvalue weighted by molar-refractivity contribution is 0.112. The van der Waals surface area contributed by atoms with Gasteiger partial charge in [0.2, 0.25) is 0 Å². The van der Waals surface area contributed by atoms with Gasteiger partial charge in [0.1, 0.15) is 0 Å².